The minimum atomic E-state index is -0.672. The third-order valence-electron chi connectivity index (χ3n) is 5.53. The normalized spacial score (nSPS) is 13.1. The van der Waals surface area contributed by atoms with E-state index in [4.69, 9.17) is 27.9 Å². The number of nitrogens with one attached hydrogen (secondary N) is 2. The zero-order valence-electron chi connectivity index (χ0n) is 19.8. The van der Waals surface area contributed by atoms with E-state index in [1.807, 2.05) is 0 Å². The fourth-order valence-electron chi connectivity index (χ4n) is 3.58. The molecule has 188 valence electrons. The van der Waals surface area contributed by atoms with Crippen molar-refractivity contribution in [1.82, 2.24) is 0 Å². The Bertz CT molecular complexity index is 1430. The number of carbonyl (C=O) groups is 4. The van der Waals surface area contributed by atoms with Gasteiger partial charge in [-0.1, -0.05) is 29.3 Å². The number of ether oxygens (including phenoxy) is 1. The molecular formula is C27H21Cl2N3O5. The summed E-state index contributed by atoms with van der Waals surface area (Å²) in [6, 6.07) is 17.4. The van der Waals surface area contributed by atoms with Gasteiger partial charge in [-0.05, 0) is 80.1 Å². The van der Waals surface area contributed by atoms with Crippen LogP contribution in [0.4, 0.5) is 17.1 Å². The van der Waals surface area contributed by atoms with Gasteiger partial charge in [0.25, 0.3) is 17.7 Å². The molecule has 1 aliphatic heterocycles. The first-order valence-corrected chi connectivity index (χ1v) is 12.0. The second-order valence-corrected chi connectivity index (χ2v) is 8.83. The smallest absolute Gasteiger partial charge is 0.338 e. The van der Waals surface area contributed by atoms with Crippen LogP contribution in [0.3, 0.4) is 0 Å². The summed E-state index contributed by atoms with van der Waals surface area (Å²) >= 11 is 12.1. The Labute approximate surface area is 222 Å². The van der Waals surface area contributed by atoms with Crippen LogP contribution >= 0.6 is 23.2 Å². The summed E-state index contributed by atoms with van der Waals surface area (Å²) in [5.74, 6) is -2.16. The zero-order chi connectivity index (χ0) is 26.7. The highest BCUT2D eigenvalue weighted by molar-refractivity contribution is 6.53. The molecule has 1 heterocycles. The fourth-order valence-corrected chi connectivity index (χ4v) is 3.91. The second kappa shape index (κ2) is 10.9. The summed E-state index contributed by atoms with van der Waals surface area (Å²) in [5, 5.41) is 5.87. The van der Waals surface area contributed by atoms with Crippen molar-refractivity contribution in [2.24, 2.45) is 0 Å². The molecule has 2 N–H and O–H groups in total. The number of aryl methyl sites for hydroxylation is 1. The van der Waals surface area contributed by atoms with Crippen molar-refractivity contribution in [3.05, 3.63) is 99.2 Å². The highest BCUT2D eigenvalue weighted by atomic mass is 35.5. The van der Waals surface area contributed by atoms with E-state index in [0.29, 0.717) is 33.2 Å². The van der Waals surface area contributed by atoms with E-state index >= 15 is 0 Å². The quantitative estimate of drug-likeness (QED) is 0.304. The first-order valence-electron chi connectivity index (χ1n) is 11.2. The highest BCUT2D eigenvalue weighted by Crippen LogP contribution is 2.31. The van der Waals surface area contributed by atoms with Gasteiger partial charge in [0.1, 0.15) is 10.7 Å². The summed E-state index contributed by atoms with van der Waals surface area (Å²) in [4.78, 5) is 51.4. The average Bonchev–Trinajstić information content (AvgIpc) is 3.09. The molecule has 0 aliphatic carbocycles. The Kier molecular flexibility index (Phi) is 7.61. The molecule has 0 radical (unpaired) electrons. The Hall–Kier alpha value is -4.14. The van der Waals surface area contributed by atoms with Crippen molar-refractivity contribution in [2.75, 3.05) is 22.1 Å². The van der Waals surface area contributed by atoms with E-state index in [1.54, 1.807) is 80.6 Å². The number of nitrogens with zero attached hydrogens (tertiary/aromatic N) is 1. The molecule has 0 aromatic heterocycles. The van der Waals surface area contributed by atoms with Crippen LogP contribution in [0.2, 0.25) is 5.02 Å². The van der Waals surface area contributed by atoms with E-state index in [0.717, 1.165) is 10.5 Å². The van der Waals surface area contributed by atoms with Crippen LogP contribution in [-0.2, 0) is 14.3 Å². The molecule has 0 bridgehead atoms. The van der Waals surface area contributed by atoms with Crippen molar-refractivity contribution in [3.8, 4) is 0 Å². The first-order chi connectivity index (χ1) is 17.7. The lowest BCUT2D eigenvalue weighted by Crippen LogP contribution is -2.32. The van der Waals surface area contributed by atoms with E-state index in [2.05, 4.69) is 10.6 Å². The lowest BCUT2D eigenvalue weighted by Gasteiger charge is -2.16. The van der Waals surface area contributed by atoms with Gasteiger partial charge < -0.3 is 15.4 Å². The number of amides is 3. The average molecular weight is 538 g/mol. The van der Waals surface area contributed by atoms with Crippen molar-refractivity contribution in [1.29, 1.82) is 0 Å². The van der Waals surface area contributed by atoms with Crippen molar-refractivity contribution in [2.45, 2.75) is 13.8 Å². The standard InChI is InChI=1S/C27H21Cl2N3O5/c1-3-37-27(36)16-6-10-19(11-7-16)30-24(33)17-5-4-15(2)21(14-17)31-23-22(29)25(34)32(26(23)35)20-12-8-18(28)9-13-20/h4-14,31H,3H2,1-2H3,(H,30,33). The molecule has 10 heteroatoms. The monoisotopic (exact) mass is 537 g/mol. The fraction of sp³-hybridized carbons (Fsp3) is 0.111. The first kappa shape index (κ1) is 25.9. The number of esters is 1. The van der Waals surface area contributed by atoms with Gasteiger partial charge >= 0.3 is 5.97 Å². The maximum absolute atomic E-state index is 13.1. The third-order valence-corrected chi connectivity index (χ3v) is 6.13. The van der Waals surface area contributed by atoms with Crippen LogP contribution in [0.5, 0.6) is 0 Å². The van der Waals surface area contributed by atoms with Crippen molar-refractivity contribution < 1.29 is 23.9 Å². The van der Waals surface area contributed by atoms with Crippen LogP contribution in [0.1, 0.15) is 33.2 Å². The van der Waals surface area contributed by atoms with Crippen molar-refractivity contribution in [3.63, 3.8) is 0 Å². The molecule has 0 spiro atoms. The lowest BCUT2D eigenvalue weighted by molar-refractivity contribution is -0.120. The molecule has 0 saturated carbocycles. The van der Waals surface area contributed by atoms with E-state index in [1.165, 1.54) is 0 Å². The van der Waals surface area contributed by atoms with Crippen LogP contribution in [0, 0.1) is 6.92 Å². The Morgan fingerprint density at radius 3 is 2.19 bits per heavy atom. The lowest BCUT2D eigenvalue weighted by atomic mass is 10.1. The highest BCUT2D eigenvalue weighted by Gasteiger charge is 2.39. The third kappa shape index (κ3) is 5.50. The van der Waals surface area contributed by atoms with Crippen molar-refractivity contribution >= 4 is 64.0 Å². The minimum absolute atomic E-state index is 0.100. The molecule has 0 atom stereocenters. The molecule has 3 aromatic carbocycles. The van der Waals surface area contributed by atoms with Gasteiger partial charge in [-0.15, -0.1) is 0 Å². The van der Waals surface area contributed by atoms with Crippen LogP contribution in [-0.4, -0.2) is 30.3 Å². The molecule has 3 aromatic rings. The molecule has 0 saturated heterocycles. The van der Waals surface area contributed by atoms with Crippen LogP contribution in [0.25, 0.3) is 0 Å². The predicted molar refractivity (Wildman–Crippen MR) is 142 cm³/mol. The number of rotatable bonds is 7. The van der Waals surface area contributed by atoms with Crippen LogP contribution in [0.15, 0.2) is 77.5 Å². The number of hydrogen-bond donors (Lipinski definition) is 2. The molecule has 8 nitrogen and oxygen atoms in total. The topological polar surface area (TPSA) is 105 Å². The summed E-state index contributed by atoms with van der Waals surface area (Å²) in [7, 11) is 0. The Balaban J connectivity index is 1.51. The maximum atomic E-state index is 13.1. The van der Waals surface area contributed by atoms with Gasteiger partial charge in [0.05, 0.1) is 17.9 Å². The molecule has 0 unspecified atom stereocenters. The Morgan fingerprint density at radius 1 is 0.892 bits per heavy atom. The number of imide groups is 1. The van der Waals surface area contributed by atoms with Gasteiger partial charge in [-0.2, -0.15) is 0 Å². The summed E-state index contributed by atoms with van der Waals surface area (Å²) in [6.07, 6.45) is 0. The largest absolute Gasteiger partial charge is 0.462 e. The molecule has 0 fully saturated rings. The summed E-state index contributed by atoms with van der Waals surface area (Å²) in [6.45, 7) is 3.77. The zero-order valence-corrected chi connectivity index (χ0v) is 21.3. The van der Waals surface area contributed by atoms with Gasteiger partial charge in [0.2, 0.25) is 0 Å². The number of hydrogen-bond acceptors (Lipinski definition) is 6. The molecular weight excluding hydrogens is 517 g/mol. The number of halogens is 2. The summed E-state index contributed by atoms with van der Waals surface area (Å²) in [5.41, 5.74) is 2.52. The summed E-state index contributed by atoms with van der Waals surface area (Å²) < 4.78 is 4.96. The van der Waals surface area contributed by atoms with Gasteiger partial charge in [0, 0.05) is 22.0 Å². The van der Waals surface area contributed by atoms with Gasteiger partial charge in [0.15, 0.2) is 0 Å². The van der Waals surface area contributed by atoms with Gasteiger partial charge in [-0.3, -0.25) is 14.4 Å². The molecule has 37 heavy (non-hydrogen) atoms. The Morgan fingerprint density at radius 2 is 1.54 bits per heavy atom. The van der Waals surface area contributed by atoms with Crippen LogP contribution < -0.4 is 15.5 Å². The number of anilines is 3. The number of carbonyl (C=O) groups excluding carboxylic acids is 4. The molecule has 4 rings (SSSR count). The molecule has 3 amide bonds. The minimum Gasteiger partial charge on any atom is -0.462 e. The van der Waals surface area contributed by atoms with E-state index in [-0.39, 0.29) is 17.3 Å². The maximum Gasteiger partial charge on any atom is 0.338 e. The number of benzene rings is 3. The predicted octanol–water partition coefficient (Wildman–Crippen LogP) is 5.51. The van der Waals surface area contributed by atoms with E-state index in [9.17, 15) is 19.2 Å². The van der Waals surface area contributed by atoms with Gasteiger partial charge in [-0.25, -0.2) is 9.69 Å². The SMILES string of the molecule is CCOC(=O)c1ccc(NC(=O)c2ccc(C)c(NC3=C(Cl)C(=O)N(c4ccc(Cl)cc4)C3=O)c2)cc1. The molecule has 1 aliphatic rings. The van der Waals surface area contributed by atoms with E-state index < -0.39 is 23.7 Å². The second-order valence-electron chi connectivity index (χ2n) is 8.02.